The maximum absolute atomic E-state index is 2.34. The van der Waals surface area contributed by atoms with Crippen molar-refractivity contribution >= 4 is 29.3 Å². The van der Waals surface area contributed by atoms with E-state index >= 15 is 0 Å². The second-order valence-electron chi connectivity index (χ2n) is 5.69. The third-order valence-corrected chi connectivity index (χ3v) is 6.77. The van der Waals surface area contributed by atoms with E-state index in [1.54, 1.807) is 0 Å². The number of rotatable bonds is 6. The van der Waals surface area contributed by atoms with Crippen molar-refractivity contribution in [2.24, 2.45) is 0 Å². The van der Waals surface area contributed by atoms with Gasteiger partial charge < -0.3 is 0 Å². The van der Waals surface area contributed by atoms with Crippen LogP contribution >= 0.6 is 7.92 Å². The molecule has 0 aliphatic carbocycles. The molecule has 0 aliphatic heterocycles. The molecule has 0 saturated heterocycles. The van der Waals surface area contributed by atoms with Gasteiger partial charge in [0, 0.05) is 0 Å². The van der Waals surface area contributed by atoms with Gasteiger partial charge in [0.1, 0.15) is 0 Å². The van der Waals surface area contributed by atoms with E-state index in [4.69, 9.17) is 0 Å². The Bertz CT molecular complexity index is 713. The van der Waals surface area contributed by atoms with Crippen molar-refractivity contribution < 1.29 is 0 Å². The minimum atomic E-state index is -0.262. The number of benzene rings is 3. The number of hydrogen-bond acceptors (Lipinski definition) is 0. The van der Waals surface area contributed by atoms with Gasteiger partial charge in [0.05, 0.1) is 0 Å². The van der Waals surface area contributed by atoms with Crippen LogP contribution in [0.4, 0.5) is 0 Å². The Balaban J connectivity index is 2.04. The van der Waals surface area contributed by atoms with E-state index in [9.17, 15) is 0 Å². The molecule has 0 spiro atoms. The van der Waals surface area contributed by atoms with Crippen molar-refractivity contribution in [3.8, 4) is 0 Å². The Morgan fingerprint density at radius 1 is 0.727 bits per heavy atom. The summed E-state index contributed by atoms with van der Waals surface area (Å²) in [4.78, 5) is 0. The van der Waals surface area contributed by atoms with Crippen LogP contribution in [0.1, 0.15) is 26.2 Å². The van der Waals surface area contributed by atoms with Crippen LogP contribution in [0.3, 0.4) is 0 Å². The zero-order valence-electron chi connectivity index (χ0n) is 13.2. The van der Waals surface area contributed by atoms with Crippen molar-refractivity contribution in [2.45, 2.75) is 26.2 Å². The van der Waals surface area contributed by atoms with E-state index in [0.717, 1.165) is 0 Å². The zero-order chi connectivity index (χ0) is 15.2. The van der Waals surface area contributed by atoms with E-state index in [-0.39, 0.29) is 7.92 Å². The lowest BCUT2D eigenvalue weighted by molar-refractivity contribution is 0.777. The first-order valence-corrected chi connectivity index (χ1v) is 9.73. The molecule has 22 heavy (non-hydrogen) atoms. The van der Waals surface area contributed by atoms with Crippen molar-refractivity contribution in [3.63, 3.8) is 0 Å². The Kier molecular flexibility index (Phi) is 5.24. The normalized spacial score (nSPS) is 12.4. The molecule has 0 N–H and O–H groups in total. The molecule has 1 unspecified atom stereocenters. The molecule has 1 heteroatoms. The van der Waals surface area contributed by atoms with Crippen LogP contribution < -0.4 is 10.6 Å². The predicted molar refractivity (Wildman–Crippen MR) is 101 cm³/mol. The Morgan fingerprint density at radius 2 is 1.45 bits per heavy atom. The monoisotopic (exact) mass is 306 g/mol. The molecule has 0 bridgehead atoms. The van der Waals surface area contributed by atoms with Crippen molar-refractivity contribution in [1.82, 2.24) is 0 Å². The van der Waals surface area contributed by atoms with E-state index in [0.29, 0.717) is 0 Å². The third-order valence-electron chi connectivity index (χ3n) is 4.11. The van der Waals surface area contributed by atoms with Gasteiger partial charge in [0.2, 0.25) is 0 Å². The van der Waals surface area contributed by atoms with Crippen LogP contribution in [-0.4, -0.2) is 6.16 Å². The average molecular weight is 306 g/mol. The third kappa shape index (κ3) is 3.39. The maximum atomic E-state index is 2.34. The quantitative estimate of drug-likeness (QED) is 0.419. The molecule has 3 rings (SSSR count). The summed E-state index contributed by atoms with van der Waals surface area (Å²) in [6.45, 7) is 2.28. The molecule has 0 nitrogen and oxygen atoms in total. The van der Waals surface area contributed by atoms with Crippen LogP contribution in [0.2, 0.25) is 0 Å². The second kappa shape index (κ2) is 7.56. The number of unbranched alkanes of at least 4 members (excludes halogenated alkanes) is 2. The lowest BCUT2D eigenvalue weighted by Gasteiger charge is -2.20. The Hall–Kier alpha value is -1.65. The summed E-state index contributed by atoms with van der Waals surface area (Å²) in [7, 11) is -0.262. The topological polar surface area (TPSA) is 0 Å². The molecule has 0 heterocycles. The van der Waals surface area contributed by atoms with Gasteiger partial charge in [-0.2, -0.15) is 0 Å². The standard InChI is InChI=1S/C21H23P/c1-2-3-9-17-22(19-13-5-4-6-14-19)21-16-10-12-18-11-7-8-15-20(18)21/h4-8,10-16H,2-3,9,17H2,1H3. The van der Waals surface area contributed by atoms with Crippen molar-refractivity contribution in [3.05, 3.63) is 72.8 Å². The van der Waals surface area contributed by atoms with Gasteiger partial charge in [-0.25, -0.2) is 0 Å². The van der Waals surface area contributed by atoms with Gasteiger partial charge >= 0.3 is 0 Å². The highest BCUT2D eigenvalue weighted by molar-refractivity contribution is 7.73. The van der Waals surface area contributed by atoms with Crippen LogP contribution in [0.5, 0.6) is 0 Å². The molecule has 0 aromatic heterocycles. The summed E-state index contributed by atoms with van der Waals surface area (Å²) in [6.07, 6.45) is 5.23. The first-order chi connectivity index (χ1) is 10.9. The average Bonchev–Trinajstić information content (AvgIpc) is 2.59. The van der Waals surface area contributed by atoms with Gasteiger partial charge in [0.15, 0.2) is 0 Å². The molecule has 0 saturated carbocycles. The van der Waals surface area contributed by atoms with Crippen LogP contribution in [0.25, 0.3) is 10.8 Å². The lowest BCUT2D eigenvalue weighted by Crippen LogP contribution is -2.15. The molecule has 0 radical (unpaired) electrons. The molecule has 0 fully saturated rings. The van der Waals surface area contributed by atoms with Crippen LogP contribution in [0.15, 0.2) is 72.8 Å². The lowest BCUT2D eigenvalue weighted by atomic mass is 10.1. The molecular formula is C21H23P. The largest absolute Gasteiger partial charge is 0.0654 e. The fourth-order valence-electron chi connectivity index (χ4n) is 2.96. The van der Waals surface area contributed by atoms with Gasteiger partial charge in [-0.15, -0.1) is 0 Å². The first kappa shape index (κ1) is 15.3. The highest BCUT2D eigenvalue weighted by atomic mass is 31.1. The van der Waals surface area contributed by atoms with Crippen molar-refractivity contribution in [2.75, 3.05) is 6.16 Å². The second-order valence-corrected chi connectivity index (χ2v) is 7.99. The Labute approximate surface area is 134 Å². The van der Waals surface area contributed by atoms with Gasteiger partial charge in [-0.3, -0.25) is 0 Å². The van der Waals surface area contributed by atoms with Gasteiger partial charge in [0.25, 0.3) is 0 Å². The highest BCUT2D eigenvalue weighted by Crippen LogP contribution is 2.37. The summed E-state index contributed by atoms with van der Waals surface area (Å²) >= 11 is 0. The summed E-state index contributed by atoms with van der Waals surface area (Å²) < 4.78 is 0. The number of fused-ring (bicyclic) bond motifs is 1. The Morgan fingerprint density at radius 3 is 2.27 bits per heavy atom. The SMILES string of the molecule is CCCCCP(c1ccccc1)c1cccc2ccccc12. The fourth-order valence-corrected chi connectivity index (χ4v) is 5.57. The van der Waals surface area contributed by atoms with Crippen LogP contribution in [-0.2, 0) is 0 Å². The molecule has 112 valence electrons. The highest BCUT2D eigenvalue weighted by Gasteiger charge is 2.15. The summed E-state index contributed by atoms with van der Waals surface area (Å²) in [5, 5.41) is 5.83. The molecule has 3 aromatic rings. The van der Waals surface area contributed by atoms with Gasteiger partial charge in [-0.05, 0) is 41.9 Å². The van der Waals surface area contributed by atoms with E-state index in [1.807, 2.05) is 0 Å². The fraction of sp³-hybridized carbons (Fsp3) is 0.238. The van der Waals surface area contributed by atoms with Crippen molar-refractivity contribution in [1.29, 1.82) is 0 Å². The molecular weight excluding hydrogens is 283 g/mol. The molecule has 0 amide bonds. The maximum Gasteiger partial charge on any atom is -0.0104 e. The van der Waals surface area contributed by atoms with Gasteiger partial charge in [-0.1, -0.05) is 92.6 Å². The van der Waals surface area contributed by atoms with E-state index < -0.39 is 0 Å². The summed E-state index contributed by atoms with van der Waals surface area (Å²) in [5.41, 5.74) is 0. The molecule has 1 atom stereocenters. The molecule has 0 aliphatic rings. The summed E-state index contributed by atoms with van der Waals surface area (Å²) in [5.74, 6) is 0. The van der Waals surface area contributed by atoms with Crippen LogP contribution in [0, 0.1) is 0 Å². The zero-order valence-corrected chi connectivity index (χ0v) is 14.1. The summed E-state index contributed by atoms with van der Waals surface area (Å²) in [6, 6.07) is 26.7. The minimum absolute atomic E-state index is 0.262. The predicted octanol–water partition coefficient (Wildman–Crippen LogP) is 5.46. The number of hydrogen-bond donors (Lipinski definition) is 0. The smallest absolute Gasteiger partial charge is 0.0104 e. The van der Waals surface area contributed by atoms with E-state index in [2.05, 4.69) is 79.7 Å². The van der Waals surface area contributed by atoms with E-state index in [1.165, 1.54) is 46.8 Å². The first-order valence-electron chi connectivity index (χ1n) is 8.20. The molecule has 3 aromatic carbocycles. The minimum Gasteiger partial charge on any atom is -0.0654 e.